The van der Waals surface area contributed by atoms with Crippen LogP contribution in [0.3, 0.4) is 0 Å². The van der Waals surface area contributed by atoms with Crippen molar-refractivity contribution in [3.8, 4) is 5.69 Å². The van der Waals surface area contributed by atoms with Crippen LogP contribution in [0.25, 0.3) is 5.69 Å². The highest BCUT2D eigenvalue weighted by Gasteiger charge is 2.34. The van der Waals surface area contributed by atoms with Gasteiger partial charge in [-0.05, 0) is 49.9 Å². The van der Waals surface area contributed by atoms with Crippen LogP contribution in [-0.4, -0.2) is 44.9 Å². The number of carbonyl (C=O) groups is 1. The van der Waals surface area contributed by atoms with Crippen LogP contribution in [0, 0.1) is 0 Å². The molecule has 0 radical (unpaired) electrons. The van der Waals surface area contributed by atoms with Crippen LogP contribution in [-0.2, 0) is 12.8 Å². The van der Waals surface area contributed by atoms with Crippen molar-refractivity contribution in [2.24, 2.45) is 0 Å². The highest BCUT2D eigenvalue weighted by atomic mass is 35.5. The number of carbonyl (C=O) groups excluding carboxylic acids is 1. The molecule has 1 aliphatic heterocycles. The van der Waals surface area contributed by atoms with Gasteiger partial charge in [-0.1, -0.05) is 18.0 Å². The number of aliphatic hydroxyl groups excluding tert-OH is 1. The Morgan fingerprint density at radius 3 is 2.54 bits per heavy atom. The molecule has 24 heavy (non-hydrogen) atoms. The molecule has 0 spiro atoms. The first-order valence-corrected chi connectivity index (χ1v) is 8.85. The van der Waals surface area contributed by atoms with E-state index in [0.29, 0.717) is 23.8 Å². The fourth-order valence-corrected chi connectivity index (χ4v) is 3.64. The summed E-state index contributed by atoms with van der Waals surface area (Å²) in [5, 5.41) is 14.8. The Labute approximate surface area is 145 Å². The second kappa shape index (κ2) is 6.22. The molecule has 1 aliphatic carbocycles. The molecular weight excluding hydrogens is 326 g/mol. The highest BCUT2D eigenvalue weighted by molar-refractivity contribution is 6.30. The van der Waals surface area contributed by atoms with Gasteiger partial charge in [-0.25, -0.2) is 4.68 Å². The number of rotatable bonds is 2. The van der Waals surface area contributed by atoms with Crippen molar-refractivity contribution in [2.45, 2.75) is 38.2 Å². The number of hydrogen-bond donors (Lipinski definition) is 1. The third-order valence-corrected chi connectivity index (χ3v) is 5.11. The Hall–Kier alpha value is -1.85. The molecule has 1 aromatic carbocycles. The van der Waals surface area contributed by atoms with Gasteiger partial charge in [-0.15, -0.1) is 0 Å². The van der Waals surface area contributed by atoms with Gasteiger partial charge in [0.15, 0.2) is 5.69 Å². The lowest BCUT2D eigenvalue weighted by Gasteiger charge is -2.35. The van der Waals surface area contributed by atoms with Gasteiger partial charge in [0, 0.05) is 29.4 Å². The number of benzene rings is 1. The molecule has 1 amide bonds. The van der Waals surface area contributed by atoms with Crippen LogP contribution < -0.4 is 0 Å². The molecule has 0 atom stereocenters. The van der Waals surface area contributed by atoms with Gasteiger partial charge >= 0.3 is 0 Å². The van der Waals surface area contributed by atoms with Crippen LogP contribution in [0.2, 0.25) is 5.02 Å². The Balaban J connectivity index is 1.77. The normalized spacial score (nSPS) is 18.0. The van der Waals surface area contributed by atoms with E-state index in [-0.39, 0.29) is 5.91 Å². The standard InChI is InChI=1S/C18H20ClN3O2/c19-12-6-8-13(9-7-12)22-16-5-3-1-2-4-15(16)17(20-22)18(24)21-10-14(23)11-21/h6-9,14,23H,1-5,10-11H2. The van der Waals surface area contributed by atoms with Crippen LogP contribution in [0.4, 0.5) is 0 Å². The molecular formula is C18H20ClN3O2. The second-order valence-electron chi connectivity index (χ2n) is 6.59. The summed E-state index contributed by atoms with van der Waals surface area (Å²) < 4.78 is 1.90. The molecule has 0 saturated carbocycles. The molecule has 4 rings (SSSR count). The summed E-state index contributed by atoms with van der Waals surface area (Å²) in [4.78, 5) is 14.4. The Morgan fingerprint density at radius 1 is 1.12 bits per heavy atom. The van der Waals surface area contributed by atoms with Crippen molar-refractivity contribution >= 4 is 17.5 Å². The zero-order chi connectivity index (χ0) is 16.7. The van der Waals surface area contributed by atoms with E-state index in [9.17, 15) is 9.90 Å². The summed E-state index contributed by atoms with van der Waals surface area (Å²) in [5.74, 6) is -0.0637. The van der Waals surface area contributed by atoms with Gasteiger partial charge in [-0.2, -0.15) is 5.10 Å². The van der Waals surface area contributed by atoms with E-state index in [4.69, 9.17) is 11.6 Å². The fraction of sp³-hybridized carbons (Fsp3) is 0.444. The van der Waals surface area contributed by atoms with E-state index in [1.165, 1.54) is 6.42 Å². The van der Waals surface area contributed by atoms with E-state index in [1.54, 1.807) is 4.90 Å². The monoisotopic (exact) mass is 345 g/mol. The Morgan fingerprint density at radius 2 is 1.83 bits per heavy atom. The number of likely N-dealkylation sites (tertiary alicyclic amines) is 1. The summed E-state index contributed by atoms with van der Waals surface area (Å²) in [6, 6.07) is 7.55. The minimum atomic E-state index is -0.397. The molecule has 1 aromatic heterocycles. The topological polar surface area (TPSA) is 58.4 Å². The predicted octanol–water partition coefficient (Wildman–Crippen LogP) is 2.61. The van der Waals surface area contributed by atoms with Crippen molar-refractivity contribution in [3.05, 3.63) is 46.2 Å². The SMILES string of the molecule is O=C(c1nn(-c2ccc(Cl)cc2)c2c1CCCCC2)N1CC(O)C1. The molecule has 5 nitrogen and oxygen atoms in total. The lowest BCUT2D eigenvalue weighted by atomic mass is 10.0. The van der Waals surface area contributed by atoms with Gasteiger partial charge < -0.3 is 10.0 Å². The highest BCUT2D eigenvalue weighted by Crippen LogP contribution is 2.28. The molecule has 6 heteroatoms. The summed E-state index contributed by atoms with van der Waals surface area (Å²) in [5.41, 5.74) is 3.70. The molecule has 2 heterocycles. The minimum absolute atomic E-state index is 0.0637. The molecule has 0 bridgehead atoms. The molecule has 2 aromatic rings. The molecule has 1 saturated heterocycles. The summed E-state index contributed by atoms with van der Waals surface area (Å²) >= 11 is 5.99. The number of halogens is 1. The number of aliphatic hydroxyl groups is 1. The van der Waals surface area contributed by atoms with E-state index >= 15 is 0 Å². The molecule has 126 valence electrons. The van der Waals surface area contributed by atoms with Crippen molar-refractivity contribution in [3.63, 3.8) is 0 Å². The largest absolute Gasteiger partial charge is 0.389 e. The summed E-state index contributed by atoms with van der Waals surface area (Å²) in [6.07, 6.45) is 4.79. The van der Waals surface area contributed by atoms with Gasteiger partial charge in [0.05, 0.1) is 11.8 Å². The minimum Gasteiger partial charge on any atom is -0.389 e. The summed E-state index contributed by atoms with van der Waals surface area (Å²) in [7, 11) is 0. The van der Waals surface area contributed by atoms with E-state index in [2.05, 4.69) is 5.10 Å². The number of aromatic nitrogens is 2. The zero-order valence-corrected chi connectivity index (χ0v) is 14.2. The van der Waals surface area contributed by atoms with Crippen LogP contribution in [0.1, 0.15) is 41.0 Å². The third kappa shape index (κ3) is 2.72. The first-order chi connectivity index (χ1) is 11.6. The predicted molar refractivity (Wildman–Crippen MR) is 91.7 cm³/mol. The van der Waals surface area contributed by atoms with Crippen LogP contribution in [0.5, 0.6) is 0 Å². The smallest absolute Gasteiger partial charge is 0.274 e. The number of nitrogens with zero attached hydrogens (tertiary/aromatic N) is 3. The number of β-amino-alcohol motifs (C(OH)–C–C–N with tert-alkyl or cyclic N) is 1. The second-order valence-corrected chi connectivity index (χ2v) is 7.02. The van der Waals surface area contributed by atoms with Crippen molar-refractivity contribution in [1.82, 2.24) is 14.7 Å². The quantitative estimate of drug-likeness (QED) is 0.851. The van der Waals surface area contributed by atoms with Gasteiger partial charge in [0.25, 0.3) is 5.91 Å². The molecule has 1 N–H and O–H groups in total. The maximum Gasteiger partial charge on any atom is 0.274 e. The Kier molecular flexibility index (Phi) is 4.06. The van der Waals surface area contributed by atoms with Crippen molar-refractivity contribution in [2.75, 3.05) is 13.1 Å². The van der Waals surface area contributed by atoms with Crippen molar-refractivity contribution < 1.29 is 9.90 Å². The van der Waals surface area contributed by atoms with Crippen LogP contribution in [0.15, 0.2) is 24.3 Å². The maximum atomic E-state index is 12.8. The van der Waals surface area contributed by atoms with Gasteiger partial charge in [0.2, 0.25) is 0 Å². The fourth-order valence-electron chi connectivity index (χ4n) is 3.51. The average Bonchev–Trinajstić information content (AvgIpc) is 2.74. The molecule has 1 fully saturated rings. The zero-order valence-electron chi connectivity index (χ0n) is 13.4. The average molecular weight is 346 g/mol. The maximum absolute atomic E-state index is 12.8. The number of hydrogen-bond acceptors (Lipinski definition) is 3. The van der Waals surface area contributed by atoms with Crippen molar-refractivity contribution in [1.29, 1.82) is 0 Å². The number of amides is 1. The first kappa shape index (κ1) is 15.7. The van der Waals surface area contributed by atoms with Gasteiger partial charge in [0.1, 0.15) is 0 Å². The van der Waals surface area contributed by atoms with Gasteiger partial charge in [-0.3, -0.25) is 4.79 Å². The van der Waals surface area contributed by atoms with E-state index < -0.39 is 6.10 Å². The first-order valence-electron chi connectivity index (χ1n) is 8.47. The number of fused-ring (bicyclic) bond motifs is 1. The van der Waals surface area contributed by atoms with E-state index in [0.717, 1.165) is 42.6 Å². The lowest BCUT2D eigenvalue weighted by molar-refractivity contribution is 0.00540. The summed E-state index contributed by atoms with van der Waals surface area (Å²) in [6.45, 7) is 0.808. The van der Waals surface area contributed by atoms with E-state index in [1.807, 2.05) is 28.9 Å². The van der Waals surface area contributed by atoms with Crippen LogP contribution >= 0.6 is 11.6 Å². The molecule has 0 unspecified atom stereocenters. The third-order valence-electron chi connectivity index (χ3n) is 4.85. The Bertz CT molecular complexity index is 763. The lowest BCUT2D eigenvalue weighted by Crippen LogP contribution is -2.53. The molecule has 2 aliphatic rings.